The summed E-state index contributed by atoms with van der Waals surface area (Å²) in [6.07, 6.45) is 2.11. The van der Waals surface area contributed by atoms with Crippen LogP contribution >= 0.6 is 15.9 Å². The molecule has 0 aliphatic carbocycles. The molecule has 114 valence electrons. The Morgan fingerprint density at radius 1 is 1.29 bits per heavy atom. The van der Waals surface area contributed by atoms with Gasteiger partial charge in [-0.2, -0.15) is 0 Å². The summed E-state index contributed by atoms with van der Waals surface area (Å²) in [5.74, 6) is -0.868. The Hall–Kier alpha value is -1.62. The molecule has 0 heterocycles. The number of benzene rings is 1. The summed E-state index contributed by atoms with van der Waals surface area (Å²) in [6, 6.07) is 7.50. The van der Waals surface area contributed by atoms with Gasteiger partial charge in [-0.3, -0.25) is 4.79 Å². The van der Waals surface area contributed by atoms with Crippen LogP contribution in [0.4, 0.5) is 0 Å². The number of carbonyl (C=O) groups is 2. The number of nitrogens with one attached hydrogen (secondary N) is 1. The average molecular weight is 354 g/mol. The Labute approximate surface area is 133 Å². The first-order valence-corrected chi connectivity index (χ1v) is 7.43. The molecular weight excluding hydrogens is 334 g/mol. The van der Waals surface area contributed by atoms with Gasteiger partial charge in [-0.15, -0.1) is 0 Å². The first-order valence-electron chi connectivity index (χ1n) is 6.64. The van der Waals surface area contributed by atoms with Crippen LogP contribution in [-0.4, -0.2) is 23.5 Å². The van der Waals surface area contributed by atoms with Crippen molar-refractivity contribution in [3.63, 3.8) is 0 Å². The predicted octanol–water partition coefficient (Wildman–Crippen LogP) is 3.31. The van der Waals surface area contributed by atoms with Crippen LogP contribution in [0.3, 0.4) is 0 Å². The Morgan fingerprint density at radius 3 is 2.48 bits per heavy atom. The zero-order valence-electron chi connectivity index (χ0n) is 12.6. The van der Waals surface area contributed by atoms with E-state index in [2.05, 4.69) is 21.2 Å². The highest BCUT2D eigenvalue weighted by Crippen LogP contribution is 2.17. The van der Waals surface area contributed by atoms with Crippen molar-refractivity contribution in [3.8, 4) is 0 Å². The zero-order valence-corrected chi connectivity index (χ0v) is 14.2. The molecule has 0 spiro atoms. The Bertz CT molecular complexity index is 547. The Balaban J connectivity index is 2.58. The number of amides is 1. The fourth-order valence-electron chi connectivity index (χ4n) is 1.51. The van der Waals surface area contributed by atoms with Crippen molar-refractivity contribution < 1.29 is 14.3 Å². The molecule has 1 aromatic carbocycles. The van der Waals surface area contributed by atoms with Gasteiger partial charge < -0.3 is 10.1 Å². The molecule has 1 aromatic rings. The minimum atomic E-state index is -0.833. The molecule has 1 N–H and O–H groups in total. The second kappa shape index (κ2) is 7.41. The van der Waals surface area contributed by atoms with Crippen LogP contribution in [0.5, 0.6) is 0 Å². The van der Waals surface area contributed by atoms with Crippen molar-refractivity contribution >= 4 is 33.9 Å². The number of ether oxygens (including phenoxy) is 1. The maximum absolute atomic E-state index is 11.8. The van der Waals surface area contributed by atoms with Gasteiger partial charge >= 0.3 is 5.97 Å². The molecule has 0 aromatic heterocycles. The third-order valence-electron chi connectivity index (χ3n) is 2.46. The lowest BCUT2D eigenvalue weighted by Gasteiger charge is -2.22. The fourth-order valence-corrected chi connectivity index (χ4v) is 1.92. The summed E-state index contributed by atoms with van der Waals surface area (Å²) >= 11 is 3.39. The van der Waals surface area contributed by atoms with Gasteiger partial charge in [0.05, 0.1) is 0 Å². The molecule has 0 fully saturated rings. The normalized spacial score (nSPS) is 13.0. The van der Waals surface area contributed by atoms with E-state index in [1.54, 1.807) is 13.0 Å². The predicted molar refractivity (Wildman–Crippen MR) is 86.6 cm³/mol. The van der Waals surface area contributed by atoms with E-state index in [0.29, 0.717) is 0 Å². The van der Waals surface area contributed by atoms with Gasteiger partial charge in [-0.1, -0.05) is 34.1 Å². The number of rotatable bonds is 4. The van der Waals surface area contributed by atoms with E-state index in [9.17, 15) is 9.59 Å². The van der Waals surface area contributed by atoms with E-state index in [0.717, 1.165) is 10.0 Å². The van der Waals surface area contributed by atoms with E-state index < -0.39 is 12.1 Å². The van der Waals surface area contributed by atoms with Gasteiger partial charge in [-0.05, 0) is 45.4 Å². The smallest absolute Gasteiger partial charge is 0.331 e. The highest BCUT2D eigenvalue weighted by Gasteiger charge is 2.21. The monoisotopic (exact) mass is 353 g/mol. The highest BCUT2D eigenvalue weighted by molar-refractivity contribution is 9.10. The minimum absolute atomic E-state index is 0.315. The molecule has 0 aliphatic heterocycles. The second-order valence-corrected chi connectivity index (χ2v) is 6.53. The van der Waals surface area contributed by atoms with Gasteiger partial charge in [0, 0.05) is 16.1 Å². The molecule has 21 heavy (non-hydrogen) atoms. The molecule has 0 saturated carbocycles. The number of halogens is 1. The van der Waals surface area contributed by atoms with Gasteiger partial charge in [0.2, 0.25) is 0 Å². The van der Waals surface area contributed by atoms with Crippen molar-refractivity contribution in [2.75, 3.05) is 0 Å². The van der Waals surface area contributed by atoms with Crippen LogP contribution in [0.1, 0.15) is 33.3 Å². The fraction of sp³-hybridized carbons (Fsp3) is 0.375. The van der Waals surface area contributed by atoms with Crippen molar-refractivity contribution in [2.24, 2.45) is 0 Å². The zero-order chi connectivity index (χ0) is 16.0. The maximum atomic E-state index is 11.8. The molecule has 1 rings (SSSR count). The van der Waals surface area contributed by atoms with Crippen LogP contribution in [0, 0.1) is 0 Å². The van der Waals surface area contributed by atoms with E-state index in [1.807, 2.05) is 45.0 Å². The van der Waals surface area contributed by atoms with Gasteiger partial charge in [0.25, 0.3) is 5.91 Å². The second-order valence-electron chi connectivity index (χ2n) is 5.67. The number of hydrogen-bond donors (Lipinski definition) is 1. The molecular formula is C16H20BrNO3. The third kappa shape index (κ3) is 6.58. The van der Waals surface area contributed by atoms with Crippen LogP contribution in [0.25, 0.3) is 6.08 Å². The lowest BCUT2D eigenvalue weighted by molar-refractivity contribution is -0.150. The molecule has 0 saturated heterocycles. The van der Waals surface area contributed by atoms with Crippen molar-refractivity contribution in [1.29, 1.82) is 0 Å². The van der Waals surface area contributed by atoms with E-state index in [1.165, 1.54) is 6.08 Å². The summed E-state index contributed by atoms with van der Waals surface area (Å²) in [5, 5.41) is 2.76. The molecule has 0 aliphatic rings. The third-order valence-corrected chi connectivity index (χ3v) is 3.19. The van der Waals surface area contributed by atoms with E-state index >= 15 is 0 Å². The summed E-state index contributed by atoms with van der Waals surface area (Å²) in [7, 11) is 0. The van der Waals surface area contributed by atoms with Gasteiger partial charge in [-0.25, -0.2) is 4.79 Å². The lowest BCUT2D eigenvalue weighted by atomic mass is 10.1. The quantitative estimate of drug-likeness (QED) is 0.667. The highest BCUT2D eigenvalue weighted by atomic mass is 79.9. The Morgan fingerprint density at radius 2 is 1.90 bits per heavy atom. The SMILES string of the molecule is C[C@@H](OC(=O)/C=C/c1ccccc1Br)C(=O)NC(C)(C)C. The summed E-state index contributed by atoms with van der Waals surface area (Å²) in [6.45, 7) is 7.15. The summed E-state index contributed by atoms with van der Waals surface area (Å²) in [5.41, 5.74) is 0.504. The van der Waals surface area contributed by atoms with Crippen LogP contribution in [-0.2, 0) is 14.3 Å². The van der Waals surface area contributed by atoms with Crippen molar-refractivity contribution in [2.45, 2.75) is 39.3 Å². The number of carbonyl (C=O) groups excluding carboxylic acids is 2. The number of esters is 1. The molecule has 0 bridgehead atoms. The van der Waals surface area contributed by atoms with Crippen molar-refractivity contribution in [3.05, 3.63) is 40.4 Å². The molecule has 5 heteroatoms. The largest absolute Gasteiger partial charge is 0.449 e. The van der Waals surface area contributed by atoms with Crippen LogP contribution in [0.2, 0.25) is 0 Å². The summed E-state index contributed by atoms with van der Waals surface area (Å²) in [4.78, 5) is 23.5. The molecule has 1 amide bonds. The first-order chi connectivity index (χ1) is 9.69. The van der Waals surface area contributed by atoms with E-state index in [4.69, 9.17) is 4.74 Å². The van der Waals surface area contributed by atoms with Gasteiger partial charge in [0.15, 0.2) is 6.10 Å². The first kappa shape index (κ1) is 17.4. The van der Waals surface area contributed by atoms with Crippen molar-refractivity contribution in [1.82, 2.24) is 5.32 Å². The topological polar surface area (TPSA) is 55.4 Å². The lowest BCUT2D eigenvalue weighted by Crippen LogP contribution is -2.46. The number of hydrogen-bond acceptors (Lipinski definition) is 3. The van der Waals surface area contributed by atoms with Gasteiger partial charge in [0.1, 0.15) is 0 Å². The molecule has 4 nitrogen and oxygen atoms in total. The average Bonchev–Trinajstić information content (AvgIpc) is 2.35. The van der Waals surface area contributed by atoms with E-state index in [-0.39, 0.29) is 11.4 Å². The molecule has 0 radical (unpaired) electrons. The molecule has 0 unspecified atom stereocenters. The van der Waals surface area contributed by atoms with Crippen LogP contribution < -0.4 is 5.32 Å². The molecule has 1 atom stereocenters. The summed E-state index contributed by atoms with van der Waals surface area (Å²) < 4.78 is 5.95. The van der Waals surface area contributed by atoms with Crippen LogP contribution in [0.15, 0.2) is 34.8 Å². The Kier molecular flexibility index (Phi) is 6.15. The minimum Gasteiger partial charge on any atom is -0.449 e. The standard InChI is InChI=1S/C16H20BrNO3/c1-11(15(20)18-16(2,3)4)21-14(19)10-9-12-7-5-6-8-13(12)17/h5-11H,1-4H3,(H,18,20)/b10-9+/t11-/m1/s1. The maximum Gasteiger partial charge on any atom is 0.331 e.